The van der Waals surface area contributed by atoms with Crippen LogP contribution in [0.15, 0.2) is 47.4 Å². The number of ether oxygens (including phenoxy) is 1. The van der Waals surface area contributed by atoms with Crippen molar-refractivity contribution in [1.29, 1.82) is 0 Å². The van der Waals surface area contributed by atoms with Crippen LogP contribution in [0.3, 0.4) is 0 Å². The summed E-state index contributed by atoms with van der Waals surface area (Å²) in [6.45, 7) is 5.65. The van der Waals surface area contributed by atoms with Crippen LogP contribution in [-0.2, 0) is 14.8 Å². The van der Waals surface area contributed by atoms with Crippen LogP contribution in [0, 0.1) is 13.8 Å². The maximum absolute atomic E-state index is 12.3. The van der Waals surface area contributed by atoms with E-state index >= 15 is 0 Å². The molecule has 2 rings (SSSR count). The first-order chi connectivity index (χ1) is 13.6. The van der Waals surface area contributed by atoms with Crippen molar-refractivity contribution in [3.63, 3.8) is 0 Å². The predicted octanol–water partition coefficient (Wildman–Crippen LogP) is 1.69. The molecule has 0 aliphatic carbocycles. The van der Waals surface area contributed by atoms with Crippen LogP contribution in [0.1, 0.15) is 38.8 Å². The molecule has 0 saturated carbocycles. The summed E-state index contributed by atoms with van der Waals surface area (Å²) in [5, 5.41) is 0. The Morgan fingerprint density at radius 1 is 1.00 bits per heavy atom. The Balaban J connectivity index is 2.00. The van der Waals surface area contributed by atoms with E-state index < -0.39 is 27.9 Å². The molecule has 0 spiro atoms. The highest BCUT2D eigenvalue weighted by Gasteiger charge is 2.18. The zero-order valence-electron chi connectivity index (χ0n) is 16.8. The Morgan fingerprint density at radius 2 is 1.62 bits per heavy atom. The van der Waals surface area contributed by atoms with Gasteiger partial charge in [-0.25, -0.2) is 13.1 Å². The SMILES string of the molecule is COC[C@@H](C)NS(=O)(=O)c1ccc(C(=O)NNC(=O)c2ccc(C)cc2C)cc1. The third-order valence-corrected chi connectivity index (χ3v) is 5.72. The summed E-state index contributed by atoms with van der Waals surface area (Å²) in [5.74, 6) is -1.00. The van der Waals surface area contributed by atoms with Gasteiger partial charge in [0.2, 0.25) is 10.0 Å². The van der Waals surface area contributed by atoms with Gasteiger partial charge in [0.25, 0.3) is 11.8 Å². The molecule has 2 aromatic rings. The van der Waals surface area contributed by atoms with E-state index in [1.807, 2.05) is 26.0 Å². The second kappa shape index (κ2) is 9.64. The van der Waals surface area contributed by atoms with Crippen molar-refractivity contribution in [3.05, 3.63) is 64.7 Å². The number of carbonyl (C=O) groups is 2. The van der Waals surface area contributed by atoms with E-state index in [0.717, 1.165) is 11.1 Å². The highest BCUT2D eigenvalue weighted by molar-refractivity contribution is 7.89. The van der Waals surface area contributed by atoms with E-state index in [9.17, 15) is 18.0 Å². The zero-order valence-corrected chi connectivity index (χ0v) is 17.6. The van der Waals surface area contributed by atoms with Crippen LogP contribution in [0.5, 0.6) is 0 Å². The maximum atomic E-state index is 12.3. The van der Waals surface area contributed by atoms with Crippen molar-refractivity contribution in [3.8, 4) is 0 Å². The number of sulfonamides is 1. The van der Waals surface area contributed by atoms with Gasteiger partial charge in [0.1, 0.15) is 0 Å². The largest absolute Gasteiger partial charge is 0.383 e. The van der Waals surface area contributed by atoms with Gasteiger partial charge >= 0.3 is 0 Å². The lowest BCUT2D eigenvalue weighted by molar-refractivity contribution is 0.0846. The molecule has 0 heterocycles. The Morgan fingerprint density at radius 3 is 2.21 bits per heavy atom. The van der Waals surface area contributed by atoms with Crippen molar-refractivity contribution in [1.82, 2.24) is 15.6 Å². The lowest BCUT2D eigenvalue weighted by Gasteiger charge is -2.13. The molecule has 29 heavy (non-hydrogen) atoms. The average Bonchev–Trinajstić information content (AvgIpc) is 2.65. The molecular formula is C20H25N3O5S. The molecule has 0 bridgehead atoms. The summed E-state index contributed by atoms with van der Waals surface area (Å²) in [7, 11) is -2.24. The summed E-state index contributed by atoms with van der Waals surface area (Å²) in [5.41, 5.74) is 7.17. The number of amides is 2. The third kappa shape index (κ3) is 6.11. The third-order valence-electron chi connectivity index (χ3n) is 4.12. The first-order valence-corrected chi connectivity index (χ1v) is 10.4. The molecule has 2 aromatic carbocycles. The van der Waals surface area contributed by atoms with Crippen LogP contribution in [0.2, 0.25) is 0 Å². The highest BCUT2D eigenvalue weighted by atomic mass is 32.2. The minimum absolute atomic E-state index is 0.0244. The molecule has 0 aromatic heterocycles. The molecule has 0 unspecified atom stereocenters. The summed E-state index contributed by atoms with van der Waals surface area (Å²) in [6.07, 6.45) is 0. The summed E-state index contributed by atoms with van der Waals surface area (Å²) < 4.78 is 32.0. The second-order valence-electron chi connectivity index (χ2n) is 6.73. The summed E-state index contributed by atoms with van der Waals surface area (Å²) in [6, 6.07) is 10.4. The van der Waals surface area contributed by atoms with Gasteiger partial charge in [-0.3, -0.25) is 20.4 Å². The monoisotopic (exact) mass is 419 g/mol. The van der Waals surface area contributed by atoms with Gasteiger partial charge in [0.05, 0.1) is 11.5 Å². The molecule has 0 saturated heterocycles. The number of methoxy groups -OCH3 is 1. The number of nitrogens with one attached hydrogen (secondary N) is 3. The van der Waals surface area contributed by atoms with Crippen molar-refractivity contribution in [2.45, 2.75) is 31.7 Å². The fourth-order valence-corrected chi connectivity index (χ4v) is 3.95. The second-order valence-corrected chi connectivity index (χ2v) is 8.44. The van der Waals surface area contributed by atoms with Gasteiger partial charge in [-0.15, -0.1) is 0 Å². The molecule has 1 atom stereocenters. The van der Waals surface area contributed by atoms with Crippen LogP contribution in [0.25, 0.3) is 0 Å². The van der Waals surface area contributed by atoms with Gasteiger partial charge in [-0.05, 0) is 56.7 Å². The van der Waals surface area contributed by atoms with Gasteiger partial charge in [-0.1, -0.05) is 17.7 Å². The topological polar surface area (TPSA) is 114 Å². The fraction of sp³-hybridized carbons (Fsp3) is 0.300. The van der Waals surface area contributed by atoms with E-state index in [-0.39, 0.29) is 17.1 Å². The molecule has 3 N–H and O–H groups in total. The molecule has 2 amide bonds. The van der Waals surface area contributed by atoms with Crippen LogP contribution >= 0.6 is 0 Å². The van der Waals surface area contributed by atoms with Gasteiger partial charge in [0, 0.05) is 24.3 Å². The standard InChI is InChI=1S/C20H25N3O5S/c1-13-5-10-18(14(2)11-13)20(25)22-21-19(24)16-6-8-17(9-7-16)29(26,27)23-15(3)12-28-4/h5-11,15,23H,12H2,1-4H3,(H,21,24)(H,22,25)/t15-/m1/s1. The quantitative estimate of drug-likeness (QED) is 0.591. The smallest absolute Gasteiger partial charge is 0.269 e. The van der Waals surface area contributed by atoms with E-state index in [2.05, 4.69) is 15.6 Å². The minimum Gasteiger partial charge on any atom is -0.383 e. The summed E-state index contributed by atoms with van der Waals surface area (Å²) >= 11 is 0. The Hall–Kier alpha value is -2.75. The number of hydrogen-bond donors (Lipinski definition) is 3. The molecule has 0 radical (unpaired) electrons. The molecule has 0 fully saturated rings. The maximum Gasteiger partial charge on any atom is 0.269 e. The lowest BCUT2D eigenvalue weighted by atomic mass is 10.1. The zero-order chi connectivity index (χ0) is 21.6. The van der Waals surface area contributed by atoms with Gasteiger partial charge in [0.15, 0.2) is 0 Å². The molecule has 8 nitrogen and oxygen atoms in total. The Kier molecular flexibility index (Phi) is 7.49. The number of rotatable bonds is 7. The van der Waals surface area contributed by atoms with Gasteiger partial charge in [-0.2, -0.15) is 0 Å². The van der Waals surface area contributed by atoms with E-state index in [4.69, 9.17) is 4.74 Å². The molecule has 0 aliphatic heterocycles. The molecular weight excluding hydrogens is 394 g/mol. The lowest BCUT2D eigenvalue weighted by Crippen LogP contribution is -2.41. The number of aryl methyl sites for hydroxylation is 2. The Labute approximate surface area is 170 Å². The van der Waals surface area contributed by atoms with Crippen molar-refractivity contribution in [2.75, 3.05) is 13.7 Å². The van der Waals surface area contributed by atoms with Crippen LogP contribution in [-0.4, -0.2) is 40.0 Å². The van der Waals surface area contributed by atoms with Crippen LogP contribution in [0.4, 0.5) is 0 Å². The van der Waals surface area contributed by atoms with Crippen molar-refractivity contribution >= 4 is 21.8 Å². The molecule has 9 heteroatoms. The van der Waals surface area contributed by atoms with E-state index in [1.165, 1.54) is 31.4 Å². The van der Waals surface area contributed by atoms with Crippen molar-refractivity contribution in [2.24, 2.45) is 0 Å². The summed E-state index contributed by atoms with van der Waals surface area (Å²) in [4.78, 5) is 24.5. The number of hydrogen-bond acceptors (Lipinski definition) is 5. The molecule has 156 valence electrons. The first-order valence-electron chi connectivity index (χ1n) is 8.93. The number of benzene rings is 2. The fourth-order valence-electron chi connectivity index (χ4n) is 2.72. The number of carbonyl (C=O) groups excluding carboxylic acids is 2. The first kappa shape index (κ1) is 22.5. The average molecular weight is 420 g/mol. The predicted molar refractivity (Wildman–Crippen MR) is 109 cm³/mol. The van der Waals surface area contributed by atoms with Crippen LogP contribution < -0.4 is 15.6 Å². The highest BCUT2D eigenvalue weighted by Crippen LogP contribution is 2.12. The number of hydrazine groups is 1. The normalized spacial score (nSPS) is 12.3. The van der Waals surface area contributed by atoms with E-state index in [1.54, 1.807) is 13.0 Å². The van der Waals surface area contributed by atoms with Gasteiger partial charge < -0.3 is 4.74 Å². The van der Waals surface area contributed by atoms with E-state index in [0.29, 0.717) is 5.56 Å². The van der Waals surface area contributed by atoms with Crippen molar-refractivity contribution < 1.29 is 22.7 Å². The Bertz CT molecular complexity index is 988. The minimum atomic E-state index is -3.73. The molecule has 0 aliphatic rings.